The molecule has 1 N–H and O–H groups in total. The fourth-order valence-corrected chi connectivity index (χ4v) is 1.84. The van der Waals surface area contributed by atoms with Crippen LogP contribution in [0.15, 0.2) is 23.0 Å². The molecule has 0 saturated heterocycles. The monoisotopic (exact) mass is 238 g/mol. The van der Waals surface area contributed by atoms with E-state index in [1.807, 2.05) is 12.3 Å². The molecule has 0 aliphatic heterocycles. The summed E-state index contributed by atoms with van der Waals surface area (Å²) in [5.74, 6) is 0.645. The number of rotatable bonds is 6. The van der Waals surface area contributed by atoms with Crippen LogP contribution in [0.5, 0.6) is 0 Å². The van der Waals surface area contributed by atoms with Gasteiger partial charge in [0, 0.05) is 24.2 Å². The van der Waals surface area contributed by atoms with E-state index in [4.69, 9.17) is 4.42 Å². The van der Waals surface area contributed by atoms with Gasteiger partial charge in [0.15, 0.2) is 0 Å². The van der Waals surface area contributed by atoms with Gasteiger partial charge in [-0.15, -0.1) is 0 Å². The Hall–Kier alpha value is -0.800. The summed E-state index contributed by atoms with van der Waals surface area (Å²) in [5, 5.41) is 3.54. The largest absolute Gasteiger partial charge is 0.472 e. The Bertz CT molecular complexity index is 301. The van der Waals surface area contributed by atoms with Crippen LogP contribution >= 0.6 is 0 Å². The summed E-state index contributed by atoms with van der Waals surface area (Å²) in [6, 6.07) is 2.02. The van der Waals surface area contributed by atoms with Gasteiger partial charge in [-0.3, -0.25) is 0 Å². The Balaban J connectivity index is 2.24. The van der Waals surface area contributed by atoms with Crippen molar-refractivity contribution in [2.75, 3.05) is 20.1 Å². The van der Waals surface area contributed by atoms with Crippen LogP contribution in [0.4, 0.5) is 0 Å². The molecule has 3 nitrogen and oxygen atoms in total. The van der Waals surface area contributed by atoms with Crippen LogP contribution in [0.25, 0.3) is 0 Å². The fraction of sp³-hybridized carbons (Fsp3) is 0.714. The molecule has 3 heteroatoms. The van der Waals surface area contributed by atoms with E-state index in [1.54, 1.807) is 6.26 Å². The molecule has 0 aromatic carbocycles. The Labute approximate surface area is 105 Å². The quantitative estimate of drug-likeness (QED) is 0.826. The van der Waals surface area contributed by atoms with E-state index in [1.165, 1.54) is 5.56 Å². The third kappa shape index (κ3) is 6.49. The minimum atomic E-state index is 0.206. The van der Waals surface area contributed by atoms with Crippen LogP contribution in [0.1, 0.15) is 33.3 Å². The van der Waals surface area contributed by atoms with Crippen LogP contribution in [-0.4, -0.2) is 30.6 Å². The molecule has 0 spiro atoms. The van der Waals surface area contributed by atoms with Gasteiger partial charge in [0.25, 0.3) is 0 Å². The lowest BCUT2D eigenvalue weighted by atomic mass is 10.1. The van der Waals surface area contributed by atoms with E-state index < -0.39 is 0 Å². The molecule has 1 atom stereocenters. The van der Waals surface area contributed by atoms with E-state index in [0.717, 1.165) is 19.6 Å². The zero-order valence-corrected chi connectivity index (χ0v) is 11.8. The average molecular weight is 238 g/mol. The van der Waals surface area contributed by atoms with Crippen molar-refractivity contribution in [3.8, 4) is 0 Å². The van der Waals surface area contributed by atoms with Gasteiger partial charge >= 0.3 is 0 Å². The van der Waals surface area contributed by atoms with Crippen molar-refractivity contribution in [1.82, 2.24) is 10.2 Å². The highest BCUT2D eigenvalue weighted by Gasteiger charge is 2.12. The minimum Gasteiger partial charge on any atom is -0.472 e. The second kappa shape index (κ2) is 6.22. The van der Waals surface area contributed by atoms with Gasteiger partial charge in [-0.1, -0.05) is 6.92 Å². The van der Waals surface area contributed by atoms with E-state index in [0.29, 0.717) is 5.92 Å². The highest BCUT2D eigenvalue weighted by atomic mass is 16.3. The number of hydrogen-bond acceptors (Lipinski definition) is 3. The van der Waals surface area contributed by atoms with E-state index in [2.05, 4.69) is 45.0 Å². The molecular formula is C14H26N2O. The lowest BCUT2D eigenvalue weighted by molar-refractivity contribution is 0.261. The molecule has 0 saturated carbocycles. The summed E-state index contributed by atoms with van der Waals surface area (Å²) in [7, 11) is 2.15. The molecule has 1 heterocycles. The highest BCUT2D eigenvalue weighted by Crippen LogP contribution is 2.07. The van der Waals surface area contributed by atoms with Gasteiger partial charge < -0.3 is 14.6 Å². The zero-order chi connectivity index (χ0) is 12.9. The zero-order valence-electron chi connectivity index (χ0n) is 11.8. The maximum Gasteiger partial charge on any atom is 0.0947 e. The first kappa shape index (κ1) is 14.3. The van der Waals surface area contributed by atoms with Crippen molar-refractivity contribution in [2.45, 2.75) is 39.8 Å². The van der Waals surface area contributed by atoms with Crippen molar-refractivity contribution in [1.29, 1.82) is 0 Å². The van der Waals surface area contributed by atoms with Crippen molar-refractivity contribution in [3.05, 3.63) is 24.2 Å². The van der Waals surface area contributed by atoms with Gasteiger partial charge in [0.1, 0.15) is 0 Å². The van der Waals surface area contributed by atoms with Gasteiger partial charge in [-0.2, -0.15) is 0 Å². The van der Waals surface area contributed by atoms with Gasteiger partial charge in [-0.05, 0) is 46.3 Å². The molecule has 17 heavy (non-hydrogen) atoms. The second-order valence-corrected chi connectivity index (χ2v) is 6.06. The Kier molecular flexibility index (Phi) is 5.22. The number of furan rings is 1. The summed E-state index contributed by atoms with van der Waals surface area (Å²) in [5.41, 5.74) is 1.45. The maximum atomic E-state index is 5.07. The van der Waals surface area contributed by atoms with Gasteiger partial charge in [0.2, 0.25) is 0 Å². The summed E-state index contributed by atoms with van der Waals surface area (Å²) < 4.78 is 5.07. The first-order valence-corrected chi connectivity index (χ1v) is 6.31. The first-order chi connectivity index (χ1) is 7.87. The van der Waals surface area contributed by atoms with Crippen molar-refractivity contribution >= 4 is 0 Å². The van der Waals surface area contributed by atoms with Crippen molar-refractivity contribution < 1.29 is 4.42 Å². The fourth-order valence-electron chi connectivity index (χ4n) is 1.84. The minimum absolute atomic E-state index is 0.206. The Morgan fingerprint density at radius 1 is 1.41 bits per heavy atom. The van der Waals surface area contributed by atoms with Crippen LogP contribution in [0, 0.1) is 5.92 Å². The average Bonchev–Trinajstić information content (AvgIpc) is 2.66. The van der Waals surface area contributed by atoms with Crippen LogP contribution < -0.4 is 5.32 Å². The smallest absolute Gasteiger partial charge is 0.0947 e. The van der Waals surface area contributed by atoms with Crippen molar-refractivity contribution in [3.63, 3.8) is 0 Å². The predicted molar refractivity (Wildman–Crippen MR) is 72.0 cm³/mol. The van der Waals surface area contributed by atoms with E-state index in [9.17, 15) is 0 Å². The molecule has 1 aromatic rings. The lowest BCUT2D eigenvalue weighted by Crippen LogP contribution is -2.40. The number of hydrogen-bond donors (Lipinski definition) is 1. The maximum absolute atomic E-state index is 5.07. The molecule has 0 aliphatic rings. The summed E-state index contributed by atoms with van der Waals surface area (Å²) in [6.07, 6.45) is 3.54. The Morgan fingerprint density at radius 3 is 2.65 bits per heavy atom. The summed E-state index contributed by atoms with van der Waals surface area (Å²) >= 11 is 0. The van der Waals surface area contributed by atoms with E-state index in [-0.39, 0.29) is 5.54 Å². The molecule has 0 bridgehead atoms. The Morgan fingerprint density at radius 2 is 2.12 bits per heavy atom. The van der Waals surface area contributed by atoms with Gasteiger partial charge in [-0.25, -0.2) is 0 Å². The molecular weight excluding hydrogens is 212 g/mol. The van der Waals surface area contributed by atoms with Gasteiger partial charge in [0.05, 0.1) is 12.5 Å². The SMILES string of the molecule is CC(CNC(C)(C)C)CN(C)Cc1ccoc1. The molecule has 1 unspecified atom stereocenters. The highest BCUT2D eigenvalue weighted by molar-refractivity contribution is 5.04. The number of nitrogens with one attached hydrogen (secondary N) is 1. The summed E-state index contributed by atoms with van der Waals surface area (Å²) in [6.45, 7) is 12.0. The third-order valence-electron chi connectivity index (χ3n) is 2.64. The molecule has 98 valence electrons. The molecule has 0 fully saturated rings. The predicted octanol–water partition coefficient (Wildman–Crippen LogP) is 2.74. The molecule has 0 amide bonds. The first-order valence-electron chi connectivity index (χ1n) is 6.31. The normalized spacial score (nSPS) is 14.2. The van der Waals surface area contributed by atoms with Crippen LogP contribution in [0.2, 0.25) is 0 Å². The summed E-state index contributed by atoms with van der Waals surface area (Å²) in [4.78, 5) is 2.33. The van der Waals surface area contributed by atoms with Crippen LogP contribution in [-0.2, 0) is 6.54 Å². The third-order valence-corrected chi connectivity index (χ3v) is 2.64. The molecule has 1 rings (SSSR count). The van der Waals surface area contributed by atoms with Crippen LogP contribution in [0.3, 0.4) is 0 Å². The topological polar surface area (TPSA) is 28.4 Å². The van der Waals surface area contributed by atoms with Crippen molar-refractivity contribution in [2.24, 2.45) is 5.92 Å². The standard InChI is InChI=1S/C14H26N2O/c1-12(8-15-14(2,3)4)9-16(5)10-13-6-7-17-11-13/h6-7,11-12,15H,8-10H2,1-5H3. The number of nitrogens with zero attached hydrogens (tertiary/aromatic N) is 1. The lowest BCUT2D eigenvalue weighted by Gasteiger charge is -2.26. The molecule has 0 radical (unpaired) electrons. The molecule has 1 aromatic heterocycles. The molecule has 0 aliphatic carbocycles. The second-order valence-electron chi connectivity index (χ2n) is 6.06. The van der Waals surface area contributed by atoms with E-state index >= 15 is 0 Å².